The van der Waals surface area contributed by atoms with Gasteiger partial charge in [-0.2, -0.15) is 0 Å². The molecule has 0 aliphatic rings. The fourth-order valence-electron chi connectivity index (χ4n) is 2.00. The lowest BCUT2D eigenvalue weighted by molar-refractivity contribution is -0.123. The van der Waals surface area contributed by atoms with E-state index in [0.717, 1.165) is 0 Å². The molecule has 1 atom stereocenters. The maximum Gasteiger partial charge on any atom is 0.342 e. The quantitative estimate of drug-likeness (QED) is 0.764. The van der Waals surface area contributed by atoms with Gasteiger partial charge in [0.2, 0.25) is 0 Å². The fraction of sp³-hybridized carbons (Fsp3) is 0.176. The van der Waals surface area contributed by atoms with Crippen molar-refractivity contribution in [3.05, 3.63) is 52.0 Å². The number of benzene rings is 2. The van der Waals surface area contributed by atoms with Gasteiger partial charge in [0, 0.05) is 15.7 Å². The fourth-order valence-corrected chi connectivity index (χ4v) is 2.53. The number of halogens is 2. The summed E-state index contributed by atoms with van der Waals surface area (Å²) in [5.41, 5.74) is 0.263. The van der Waals surface area contributed by atoms with Crippen LogP contribution in [0.2, 0.25) is 10.0 Å². The minimum absolute atomic E-state index is 0.107. The predicted octanol–water partition coefficient (Wildman–Crippen LogP) is 3.89. The van der Waals surface area contributed by atoms with Gasteiger partial charge >= 0.3 is 5.97 Å². The van der Waals surface area contributed by atoms with Crippen LogP contribution < -0.4 is 10.1 Å². The second kappa shape index (κ2) is 8.09. The Hall–Kier alpha value is -2.44. The van der Waals surface area contributed by atoms with Gasteiger partial charge in [0.1, 0.15) is 5.56 Å². The molecule has 0 aliphatic carbocycles. The Bertz CT molecular complexity index is 789. The van der Waals surface area contributed by atoms with Gasteiger partial charge in [-0.1, -0.05) is 29.3 Å². The number of phenols is 1. The number of para-hydroxylation sites is 1. The molecular formula is C17H15Cl2NO5. The summed E-state index contributed by atoms with van der Waals surface area (Å²) < 4.78 is 10.0. The van der Waals surface area contributed by atoms with Gasteiger partial charge in [-0.15, -0.1) is 0 Å². The van der Waals surface area contributed by atoms with Gasteiger partial charge in [-0.25, -0.2) is 4.79 Å². The third-order valence-corrected chi connectivity index (χ3v) is 3.66. The standard InChI is InChI=1S/C17H15Cl2NO5/c1-9(16(22)20-12-7-10(18)6-11(19)8-12)25-17(23)13-4-3-5-14(24-2)15(13)21/h3-9,21H,1-2H3,(H,20,22). The van der Waals surface area contributed by atoms with Crippen molar-refractivity contribution in [1.29, 1.82) is 0 Å². The summed E-state index contributed by atoms with van der Waals surface area (Å²) >= 11 is 11.7. The van der Waals surface area contributed by atoms with Crippen molar-refractivity contribution in [2.45, 2.75) is 13.0 Å². The third-order valence-electron chi connectivity index (χ3n) is 3.22. The Morgan fingerprint density at radius 3 is 2.40 bits per heavy atom. The maximum absolute atomic E-state index is 12.1. The number of hydrogen-bond acceptors (Lipinski definition) is 5. The molecule has 1 unspecified atom stereocenters. The van der Waals surface area contributed by atoms with E-state index in [-0.39, 0.29) is 17.1 Å². The lowest BCUT2D eigenvalue weighted by atomic mass is 10.2. The molecule has 0 radical (unpaired) electrons. The molecule has 2 N–H and O–H groups in total. The molecule has 132 valence electrons. The van der Waals surface area contributed by atoms with Crippen LogP contribution in [-0.2, 0) is 9.53 Å². The summed E-state index contributed by atoms with van der Waals surface area (Å²) in [5, 5.41) is 13.2. The zero-order valence-electron chi connectivity index (χ0n) is 13.4. The largest absolute Gasteiger partial charge is 0.504 e. The molecule has 6 nitrogen and oxygen atoms in total. The number of nitrogens with one attached hydrogen (secondary N) is 1. The monoisotopic (exact) mass is 383 g/mol. The third kappa shape index (κ3) is 4.78. The molecule has 0 spiro atoms. The second-order valence-electron chi connectivity index (χ2n) is 5.05. The number of aromatic hydroxyl groups is 1. The van der Waals surface area contributed by atoms with Crippen molar-refractivity contribution in [1.82, 2.24) is 0 Å². The van der Waals surface area contributed by atoms with E-state index in [4.69, 9.17) is 32.7 Å². The van der Waals surface area contributed by atoms with E-state index in [1.807, 2.05) is 0 Å². The molecule has 0 saturated carbocycles. The van der Waals surface area contributed by atoms with Crippen molar-refractivity contribution in [2.24, 2.45) is 0 Å². The van der Waals surface area contributed by atoms with Crippen molar-refractivity contribution >= 4 is 40.8 Å². The Morgan fingerprint density at radius 1 is 1.16 bits per heavy atom. The highest BCUT2D eigenvalue weighted by molar-refractivity contribution is 6.35. The Morgan fingerprint density at radius 2 is 1.80 bits per heavy atom. The van der Waals surface area contributed by atoms with Crippen LogP contribution >= 0.6 is 23.2 Å². The first-order valence-electron chi connectivity index (χ1n) is 7.15. The Labute approximate surface area is 154 Å². The Balaban J connectivity index is 2.07. The minimum atomic E-state index is -1.11. The van der Waals surface area contributed by atoms with Gasteiger partial charge in [0.25, 0.3) is 5.91 Å². The van der Waals surface area contributed by atoms with E-state index in [2.05, 4.69) is 5.32 Å². The molecule has 1 amide bonds. The number of ether oxygens (including phenoxy) is 2. The van der Waals surface area contributed by atoms with E-state index in [1.165, 1.54) is 50.4 Å². The van der Waals surface area contributed by atoms with Gasteiger partial charge in [0.15, 0.2) is 17.6 Å². The van der Waals surface area contributed by atoms with E-state index in [1.54, 1.807) is 0 Å². The predicted molar refractivity (Wildman–Crippen MR) is 94.6 cm³/mol. The average Bonchev–Trinajstić information content (AvgIpc) is 2.53. The summed E-state index contributed by atoms with van der Waals surface area (Å²) in [6.45, 7) is 1.40. The maximum atomic E-state index is 12.1. The summed E-state index contributed by atoms with van der Waals surface area (Å²) in [7, 11) is 1.36. The number of rotatable bonds is 5. The lowest BCUT2D eigenvalue weighted by Gasteiger charge is -2.15. The average molecular weight is 384 g/mol. The van der Waals surface area contributed by atoms with E-state index in [0.29, 0.717) is 15.7 Å². The first kappa shape index (κ1) is 18.9. The molecule has 0 aromatic heterocycles. The molecule has 0 heterocycles. The van der Waals surface area contributed by atoms with Crippen LogP contribution in [0.15, 0.2) is 36.4 Å². The van der Waals surface area contributed by atoms with Crippen molar-refractivity contribution in [2.75, 3.05) is 12.4 Å². The molecule has 0 fully saturated rings. The number of carbonyl (C=O) groups excluding carboxylic acids is 2. The summed E-state index contributed by atoms with van der Waals surface area (Å²) in [6.07, 6.45) is -1.11. The zero-order valence-corrected chi connectivity index (χ0v) is 14.9. The smallest absolute Gasteiger partial charge is 0.342 e. The number of hydrogen-bond donors (Lipinski definition) is 2. The van der Waals surface area contributed by atoms with Crippen LogP contribution in [0.25, 0.3) is 0 Å². The Kier molecular flexibility index (Phi) is 6.12. The highest BCUT2D eigenvalue weighted by Gasteiger charge is 2.22. The molecule has 0 aliphatic heterocycles. The minimum Gasteiger partial charge on any atom is -0.504 e. The molecule has 2 aromatic rings. The number of anilines is 1. The van der Waals surface area contributed by atoms with Crippen LogP contribution in [0.1, 0.15) is 17.3 Å². The first-order valence-corrected chi connectivity index (χ1v) is 7.91. The van der Waals surface area contributed by atoms with Crippen molar-refractivity contribution in [3.63, 3.8) is 0 Å². The van der Waals surface area contributed by atoms with Crippen molar-refractivity contribution < 1.29 is 24.2 Å². The number of methoxy groups -OCH3 is 1. The van der Waals surface area contributed by atoms with Gasteiger partial charge < -0.3 is 19.9 Å². The molecular weight excluding hydrogens is 369 g/mol. The normalized spacial score (nSPS) is 11.5. The highest BCUT2D eigenvalue weighted by Crippen LogP contribution is 2.30. The number of phenolic OH excluding ortho intramolecular Hbond substituents is 1. The van der Waals surface area contributed by atoms with E-state index in [9.17, 15) is 14.7 Å². The SMILES string of the molecule is COc1cccc(C(=O)OC(C)C(=O)Nc2cc(Cl)cc(Cl)c2)c1O. The number of amides is 1. The van der Waals surface area contributed by atoms with Crippen molar-refractivity contribution in [3.8, 4) is 11.5 Å². The highest BCUT2D eigenvalue weighted by atomic mass is 35.5. The van der Waals surface area contributed by atoms with E-state index >= 15 is 0 Å². The van der Waals surface area contributed by atoms with Crippen LogP contribution in [0.4, 0.5) is 5.69 Å². The second-order valence-corrected chi connectivity index (χ2v) is 5.92. The van der Waals surface area contributed by atoms with Gasteiger partial charge in [-0.3, -0.25) is 4.79 Å². The molecule has 2 aromatic carbocycles. The molecule has 0 bridgehead atoms. The van der Waals surface area contributed by atoms with Gasteiger partial charge in [0.05, 0.1) is 7.11 Å². The summed E-state index contributed by atoms with van der Waals surface area (Å²) in [4.78, 5) is 24.3. The van der Waals surface area contributed by atoms with E-state index < -0.39 is 18.0 Å². The molecule has 25 heavy (non-hydrogen) atoms. The molecule has 2 rings (SSSR count). The van der Waals surface area contributed by atoms with Crippen LogP contribution in [-0.4, -0.2) is 30.2 Å². The summed E-state index contributed by atoms with van der Waals surface area (Å²) in [6, 6.07) is 8.91. The van der Waals surface area contributed by atoms with Crippen LogP contribution in [0.5, 0.6) is 11.5 Å². The van der Waals surface area contributed by atoms with Crippen LogP contribution in [0.3, 0.4) is 0 Å². The number of esters is 1. The lowest BCUT2D eigenvalue weighted by Crippen LogP contribution is -2.30. The molecule has 8 heteroatoms. The zero-order chi connectivity index (χ0) is 18.6. The van der Waals surface area contributed by atoms with Crippen LogP contribution in [0, 0.1) is 0 Å². The topological polar surface area (TPSA) is 84.9 Å². The van der Waals surface area contributed by atoms with Gasteiger partial charge in [-0.05, 0) is 37.3 Å². The number of carbonyl (C=O) groups is 2. The molecule has 0 saturated heterocycles. The summed E-state index contributed by atoms with van der Waals surface area (Å²) in [5.74, 6) is -1.67. The first-order chi connectivity index (χ1) is 11.8.